The van der Waals surface area contributed by atoms with Crippen LogP contribution in [-0.2, 0) is 4.79 Å². The Morgan fingerprint density at radius 3 is 2.59 bits per heavy atom. The molecule has 0 bridgehead atoms. The van der Waals surface area contributed by atoms with E-state index in [4.69, 9.17) is 0 Å². The molecule has 4 nitrogen and oxygen atoms in total. The first-order valence-electron chi connectivity index (χ1n) is 5.63. The number of amides is 2. The average molecular weight is 234 g/mol. The molecular weight excluding hydrogens is 216 g/mol. The molecule has 1 aromatic rings. The zero-order valence-corrected chi connectivity index (χ0v) is 10.4. The third-order valence-corrected chi connectivity index (χ3v) is 2.34. The predicted molar refractivity (Wildman–Crippen MR) is 68.0 cm³/mol. The largest absolute Gasteiger partial charge is 0.331 e. The Bertz CT molecular complexity index is 414. The second-order valence-corrected chi connectivity index (χ2v) is 4.30. The molecule has 0 saturated heterocycles. The molecule has 0 radical (unpaired) electrons. The van der Waals surface area contributed by atoms with Crippen molar-refractivity contribution in [1.82, 2.24) is 5.32 Å². The number of aryl methyl sites for hydroxylation is 1. The fourth-order valence-electron chi connectivity index (χ4n) is 1.27. The van der Waals surface area contributed by atoms with Crippen molar-refractivity contribution in [2.75, 3.05) is 11.9 Å². The van der Waals surface area contributed by atoms with E-state index in [-0.39, 0.29) is 24.3 Å². The predicted octanol–water partition coefficient (Wildman–Crippen LogP) is 2.34. The molecule has 92 valence electrons. The third-order valence-electron chi connectivity index (χ3n) is 2.34. The number of nitrogens with one attached hydrogen (secondary N) is 2. The normalized spacial score (nSPS) is 10.1. The molecule has 4 heteroatoms. The molecule has 0 aliphatic heterocycles. The molecule has 0 atom stereocenters. The van der Waals surface area contributed by atoms with Gasteiger partial charge < -0.3 is 10.6 Å². The lowest BCUT2D eigenvalue weighted by Crippen LogP contribution is -2.34. The maximum absolute atomic E-state index is 11.5. The molecule has 2 amide bonds. The molecule has 0 aliphatic rings. The van der Waals surface area contributed by atoms with Crippen LogP contribution >= 0.6 is 0 Å². The zero-order chi connectivity index (χ0) is 12.8. The van der Waals surface area contributed by atoms with Crippen molar-refractivity contribution >= 4 is 17.5 Å². The molecule has 17 heavy (non-hydrogen) atoms. The summed E-state index contributed by atoms with van der Waals surface area (Å²) in [6.07, 6.45) is 0. The summed E-state index contributed by atoms with van der Waals surface area (Å²) in [6.45, 7) is 5.63. The van der Waals surface area contributed by atoms with Crippen LogP contribution < -0.4 is 10.6 Å². The molecule has 0 heterocycles. The second kappa shape index (κ2) is 6.03. The van der Waals surface area contributed by atoms with Gasteiger partial charge in [-0.2, -0.15) is 0 Å². The second-order valence-electron chi connectivity index (χ2n) is 4.30. The molecule has 0 aromatic heterocycles. The van der Waals surface area contributed by atoms with Crippen LogP contribution in [0.1, 0.15) is 19.4 Å². The van der Waals surface area contributed by atoms with Crippen LogP contribution in [0.15, 0.2) is 24.3 Å². The summed E-state index contributed by atoms with van der Waals surface area (Å²) in [6, 6.07) is 7.13. The molecule has 0 saturated carbocycles. The summed E-state index contributed by atoms with van der Waals surface area (Å²) in [7, 11) is 0. The molecule has 1 aromatic carbocycles. The smallest absolute Gasteiger partial charge is 0.319 e. The molecule has 1 rings (SSSR count). The van der Waals surface area contributed by atoms with E-state index >= 15 is 0 Å². The van der Waals surface area contributed by atoms with Gasteiger partial charge in [0.05, 0.1) is 6.54 Å². The van der Waals surface area contributed by atoms with Crippen molar-refractivity contribution in [3.63, 3.8) is 0 Å². The maximum atomic E-state index is 11.5. The molecule has 0 spiro atoms. The molecule has 2 N–H and O–H groups in total. The van der Waals surface area contributed by atoms with Crippen LogP contribution in [0.5, 0.6) is 0 Å². The van der Waals surface area contributed by atoms with E-state index in [0.717, 1.165) is 11.3 Å². The Labute approximate surface area is 101 Å². The highest BCUT2D eigenvalue weighted by molar-refractivity contribution is 5.93. The molecule has 0 aliphatic carbocycles. The Morgan fingerprint density at radius 2 is 2.00 bits per heavy atom. The van der Waals surface area contributed by atoms with Crippen molar-refractivity contribution in [1.29, 1.82) is 0 Å². The number of ketones is 1. The van der Waals surface area contributed by atoms with Gasteiger partial charge in [-0.3, -0.25) is 4.79 Å². The Hall–Kier alpha value is -1.84. The molecule has 0 fully saturated rings. The minimum absolute atomic E-state index is 0.0180. The summed E-state index contributed by atoms with van der Waals surface area (Å²) >= 11 is 0. The summed E-state index contributed by atoms with van der Waals surface area (Å²) in [4.78, 5) is 22.8. The topological polar surface area (TPSA) is 58.2 Å². The van der Waals surface area contributed by atoms with Gasteiger partial charge in [0.1, 0.15) is 0 Å². The highest BCUT2D eigenvalue weighted by Crippen LogP contribution is 2.08. The summed E-state index contributed by atoms with van der Waals surface area (Å²) in [5.74, 6) is -0.0429. The highest BCUT2D eigenvalue weighted by Gasteiger charge is 2.08. The first-order chi connectivity index (χ1) is 7.99. The van der Waals surface area contributed by atoms with Crippen LogP contribution in [0.3, 0.4) is 0 Å². The number of anilines is 1. The van der Waals surface area contributed by atoms with Crippen molar-refractivity contribution < 1.29 is 9.59 Å². The van der Waals surface area contributed by atoms with E-state index in [1.54, 1.807) is 6.07 Å². The van der Waals surface area contributed by atoms with Crippen molar-refractivity contribution in [2.24, 2.45) is 5.92 Å². The van der Waals surface area contributed by atoms with Gasteiger partial charge in [-0.1, -0.05) is 26.0 Å². The maximum Gasteiger partial charge on any atom is 0.319 e. The van der Waals surface area contributed by atoms with Crippen LogP contribution in [0.25, 0.3) is 0 Å². The minimum atomic E-state index is -0.357. The van der Waals surface area contributed by atoms with Gasteiger partial charge >= 0.3 is 6.03 Å². The van der Waals surface area contributed by atoms with E-state index in [1.165, 1.54) is 0 Å². The van der Waals surface area contributed by atoms with Crippen molar-refractivity contribution in [3.05, 3.63) is 29.8 Å². The lowest BCUT2D eigenvalue weighted by molar-refractivity contribution is -0.120. The standard InChI is InChI=1S/C13H18N2O2/c1-9(2)12(16)8-14-13(17)15-11-6-4-5-10(3)7-11/h4-7,9H,8H2,1-3H3,(H2,14,15,17). The number of Topliss-reactive ketones (excluding diaryl/α,β-unsaturated/α-hetero) is 1. The number of hydrogen-bond acceptors (Lipinski definition) is 2. The Morgan fingerprint density at radius 1 is 1.29 bits per heavy atom. The van der Waals surface area contributed by atoms with Gasteiger partial charge in [0.15, 0.2) is 5.78 Å². The van der Waals surface area contributed by atoms with Crippen LogP contribution in [-0.4, -0.2) is 18.4 Å². The van der Waals surface area contributed by atoms with E-state index in [0.29, 0.717) is 0 Å². The number of hydrogen-bond donors (Lipinski definition) is 2. The lowest BCUT2D eigenvalue weighted by atomic mass is 10.1. The monoisotopic (exact) mass is 234 g/mol. The third kappa shape index (κ3) is 4.68. The van der Waals surface area contributed by atoms with Gasteiger partial charge in [0.25, 0.3) is 0 Å². The van der Waals surface area contributed by atoms with Crippen LogP contribution in [0, 0.1) is 12.8 Å². The number of rotatable bonds is 4. The Kier molecular flexibility index (Phi) is 4.69. The average Bonchev–Trinajstić information content (AvgIpc) is 2.25. The first kappa shape index (κ1) is 13.2. The molecular formula is C13H18N2O2. The summed E-state index contributed by atoms with van der Waals surface area (Å²) in [5.41, 5.74) is 1.79. The van der Waals surface area contributed by atoms with E-state index in [1.807, 2.05) is 39.0 Å². The van der Waals surface area contributed by atoms with Gasteiger partial charge in [-0.15, -0.1) is 0 Å². The van der Waals surface area contributed by atoms with Gasteiger partial charge in [-0.05, 0) is 24.6 Å². The van der Waals surface area contributed by atoms with Crippen molar-refractivity contribution in [2.45, 2.75) is 20.8 Å². The zero-order valence-electron chi connectivity index (χ0n) is 10.4. The van der Waals surface area contributed by atoms with Crippen LogP contribution in [0.4, 0.5) is 10.5 Å². The first-order valence-corrected chi connectivity index (χ1v) is 5.63. The quantitative estimate of drug-likeness (QED) is 0.840. The summed E-state index contributed by atoms with van der Waals surface area (Å²) < 4.78 is 0. The van der Waals surface area contributed by atoms with E-state index < -0.39 is 0 Å². The molecule has 0 unspecified atom stereocenters. The number of urea groups is 1. The highest BCUT2D eigenvalue weighted by atomic mass is 16.2. The number of benzene rings is 1. The fraction of sp³-hybridized carbons (Fsp3) is 0.385. The number of carbonyl (C=O) groups is 2. The van der Waals surface area contributed by atoms with E-state index in [2.05, 4.69) is 10.6 Å². The summed E-state index contributed by atoms with van der Waals surface area (Å²) in [5, 5.41) is 5.21. The van der Waals surface area contributed by atoms with Gasteiger partial charge in [0.2, 0.25) is 0 Å². The number of carbonyl (C=O) groups excluding carboxylic acids is 2. The SMILES string of the molecule is Cc1cccc(NC(=O)NCC(=O)C(C)C)c1. The Balaban J connectivity index is 2.43. The van der Waals surface area contributed by atoms with E-state index in [9.17, 15) is 9.59 Å². The minimum Gasteiger partial charge on any atom is -0.331 e. The lowest BCUT2D eigenvalue weighted by Gasteiger charge is -2.08. The van der Waals surface area contributed by atoms with Gasteiger partial charge in [-0.25, -0.2) is 4.79 Å². The van der Waals surface area contributed by atoms with Crippen LogP contribution in [0.2, 0.25) is 0 Å². The van der Waals surface area contributed by atoms with Crippen molar-refractivity contribution in [3.8, 4) is 0 Å². The fourth-order valence-corrected chi connectivity index (χ4v) is 1.27. The van der Waals surface area contributed by atoms with Gasteiger partial charge in [0, 0.05) is 11.6 Å².